The highest BCUT2D eigenvalue weighted by molar-refractivity contribution is 7.47. The van der Waals surface area contributed by atoms with Crippen molar-refractivity contribution in [1.29, 1.82) is 0 Å². The van der Waals surface area contributed by atoms with Crippen LogP contribution >= 0.6 is 7.82 Å². The van der Waals surface area contributed by atoms with E-state index in [9.17, 15) is 19.0 Å². The lowest BCUT2D eigenvalue weighted by atomic mass is 10.0. The van der Waals surface area contributed by atoms with E-state index in [4.69, 9.17) is 24.8 Å². The van der Waals surface area contributed by atoms with Gasteiger partial charge < -0.3 is 25.2 Å². The van der Waals surface area contributed by atoms with Crippen molar-refractivity contribution in [2.75, 3.05) is 26.4 Å². The topological polar surface area (TPSA) is 155 Å². The lowest BCUT2D eigenvalue weighted by Gasteiger charge is -2.20. The van der Waals surface area contributed by atoms with Crippen LogP contribution in [0.1, 0.15) is 174 Å². The Balaban J connectivity index is 4.14. The molecule has 0 bridgehead atoms. The standard InChI is InChI=1S/C35H70NO9P/c1-3-5-7-9-11-12-13-14-15-16-17-18-19-20-22-24-26-28-42-29-32(30-43-46(40,41)44-31-33(36)35(38)39)45-34(37)27-25-23-21-10-8-6-4-2/h32-33H,3-31,36H2,1-2H3,(H,38,39)(H,40,41). The first-order valence-corrected chi connectivity index (χ1v) is 20.1. The average Bonchev–Trinajstić information content (AvgIpc) is 3.03. The molecular formula is C35H70NO9P. The summed E-state index contributed by atoms with van der Waals surface area (Å²) in [5.41, 5.74) is 5.32. The molecule has 0 aromatic heterocycles. The summed E-state index contributed by atoms with van der Waals surface area (Å²) in [6.45, 7) is 3.84. The lowest BCUT2D eigenvalue weighted by molar-refractivity contribution is -0.154. The van der Waals surface area contributed by atoms with Gasteiger partial charge in [-0.1, -0.05) is 155 Å². The molecule has 10 nitrogen and oxygen atoms in total. The van der Waals surface area contributed by atoms with Gasteiger partial charge in [0.15, 0.2) is 0 Å². The molecule has 0 rings (SSSR count). The van der Waals surface area contributed by atoms with Gasteiger partial charge in [0.05, 0.1) is 19.8 Å². The second-order valence-corrected chi connectivity index (χ2v) is 14.2. The van der Waals surface area contributed by atoms with Crippen molar-refractivity contribution in [3.8, 4) is 0 Å². The van der Waals surface area contributed by atoms with Gasteiger partial charge in [-0.15, -0.1) is 0 Å². The minimum absolute atomic E-state index is 0.0241. The molecule has 0 amide bonds. The summed E-state index contributed by atoms with van der Waals surface area (Å²) in [5, 5.41) is 8.83. The molecule has 11 heteroatoms. The number of esters is 1. The Morgan fingerprint density at radius 1 is 0.609 bits per heavy atom. The van der Waals surface area contributed by atoms with E-state index in [1.807, 2.05) is 0 Å². The van der Waals surface area contributed by atoms with E-state index in [0.717, 1.165) is 38.5 Å². The summed E-state index contributed by atoms with van der Waals surface area (Å²) in [5.74, 6) is -1.78. The summed E-state index contributed by atoms with van der Waals surface area (Å²) in [6, 6.07) is -1.47. The fourth-order valence-corrected chi connectivity index (χ4v) is 5.97. The molecule has 0 aliphatic heterocycles. The van der Waals surface area contributed by atoms with Gasteiger partial charge in [0.1, 0.15) is 12.1 Å². The van der Waals surface area contributed by atoms with Crippen molar-refractivity contribution in [1.82, 2.24) is 0 Å². The van der Waals surface area contributed by atoms with E-state index < -0.39 is 45.1 Å². The van der Waals surface area contributed by atoms with Crippen LogP contribution in [0.3, 0.4) is 0 Å². The maximum Gasteiger partial charge on any atom is 0.472 e. The minimum Gasteiger partial charge on any atom is -0.480 e. The number of aliphatic carboxylic acids is 1. The van der Waals surface area contributed by atoms with Crippen molar-refractivity contribution in [3.05, 3.63) is 0 Å². The third kappa shape index (κ3) is 31.6. The van der Waals surface area contributed by atoms with E-state index in [0.29, 0.717) is 13.0 Å². The van der Waals surface area contributed by atoms with Gasteiger partial charge >= 0.3 is 19.8 Å². The van der Waals surface area contributed by atoms with E-state index >= 15 is 0 Å². The molecule has 0 aliphatic carbocycles. The summed E-state index contributed by atoms with van der Waals surface area (Å²) in [4.78, 5) is 33.2. The maximum atomic E-state index is 12.4. The fraction of sp³-hybridized carbons (Fsp3) is 0.943. The highest BCUT2D eigenvalue weighted by Gasteiger charge is 2.27. The Morgan fingerprint density at radius 3 is 1.43 bits per heavy atom. The summed E-state index contributed by atoms with van der Waals surface area (Å²) < 4.78 is 33.1. The summed E-state index contributed by atoms with van der Waals surface area (Å²) in [6.07, 6.45) is 28.9. The largest absolute Gasteiger partial charge is 0.480 e. The van der Waals surface area contributed by atoms with Gasteiger partial charge in [0, 0.05) is 13.0 Å². The molecule has 4 N–H and O–H groups in total. The van der Waals surface area contributed by atoms with E-state index in [1.165, 1.54) is 109 Å². The number of carbonyl (C=O) groups is 2. The third-order valence-electron chi connectivity index (χ3n) is 8.14. The Hall–Kier alpha value is -1.03. The summed E-state index contributed by atoms with van der Waals surface area (Å²) >= 11 is 0. The molecule has 3 atom stereocenters. The SMILES string of the molecule is CCCCCCCCCCCCCCCCCCCOCC(COP(=O)(O)OCC(N)C(=O)O)OC(=O)CCCCCCCCC. The molecule has 0 fully saturated rings. The minimum atomic E-state index is -4.59. The zero-order valence-corrected chi connectivity index (χ0v) is 30.3. The lowest BCUT2D eigenvalue weighted by Crippen LogP contribution is -2.34. The zero-order valence-electron chi connectivity index (χ0n) is 29.4. The molecule has 0 saturated carbocycles. The Labute approximate surface area is 280 Å². The van der Waals surface area contributed by atoms with Crippen molar-refractivity contribution in [2.24, 2.45) is 5.73 Å². The molecule has 0 aromatic rings. The van der Waals surface area contributed by atoms with Crippen molar-refractivity contribution >= 4 is 19.8 Å². The highest BCUT2D eigenvalue weighted by Crippen LogP contribution is 2.43. The number of unbranched alkanes of at least 4 members (excludes halogenated alkanes) is 22. The quantitative estimate of drug-likeness (QED) is 0.0331. The van der Waals surface area contributed by atoms with Gasteiger partial charge in [-0.25, -0.2) is 4.57 Å². The number of phosphoric acid groups is 1. The molecule has 0 aliphatic rings. The van der Waals surface area contributed by atoms with Crippen LogP contribution in [-0.4, -0.2) is 60.5 Å². The second kappa shape index (κ2) is 32.5. The first-order chi connectivity index (χ1) is 22.2. The van der Waals surface area contributed by atoms with Crippen LogP contribution in [0.15, 0.2) is 0 Å². The Kier molecular flexibility index (Phi) is 31.8. The number of carbonyl (C=O) groups excluding carboxylic acids is 1. The molecule has 0 aromatic carbocycles. The van der Waals surface area contributed by atoms with E-state index in [-0.39, 0.29) is 13.0 Å². The molecule has 0 heterocycles. The number of nitrogens with two attached hydrogens (primary N) is 1. The molecule has 274 valence electrons. The Bertz CT molecular complexity index is 756. The molecule has 0 saturated heterocycles. The highest BCUT2D eigenvalue weighted by atomic mass is 31.2. The Morgan fingerprint density at radius 2 is 1.00 bits per heavy atom. The molecule has 46 heavy (non-hydrogen) atoms. The number of phosphoric ester groups is 1. The monoisotopic (exact) mass is 679 g/mol. The molecule has 3 unspecified atom stereocenters. The van der Waals surface area contributed by atoms with E-state index in [1.54, 1.807) is 0 Å². The predicted octanol–water partition coefficient (Wildman–Crippen LogP) is 9.25. The van der Waals surface area contributed by atoms with Gasteiger partial charge in [-0.2, -0.15) is 0 Å². The first-order valence-electron chi connectivity index (χ1n) is 18.6. The number of rotatable bonds is 36. The van der Waals surface area contributed by atoms with Crippen LogP contribution in [0.25, 0.3) is 0 Å². The second-order valence-electron chi connectivity index (χ2n) is 12.7. The van der Waals surface area contributed by atoms with Crippen LogP contribution in [0.5, 0.6) is 0 Å². The van der Waals surface area contributed by atoms with E-state index in [2.05, 4.69) is 18.4 Å². The summed E-state index contributed by atoms with van der Waals surface area (Å²) in [7, 11) is -4.59. The van der Waals surface area contributed by atoms with Crippen LogP contribution in [0.2, 0.25) is 0 Å². The van der Waals surface area contributed by atoms with Crippen molar-refractivity contribution < 1.29 is 42.7 Å². The zero-order chi connectivity index (χ0) is 34.1. The molecule has 0 radical (unpaired) electrons. The normalized spacial score (nSPS) is 14.2. The third-order valence-corrected chi connectivity index (χ3v) is 9.09. The first kappa shape index (κ1) is 45.0. The number of hydrogen-bond donors (Lipinski definition) is 3. The van der Waals surface area contributed by atoms with Crippen LogP contribution < -0.4 is 5.73 Å². The molecule has 0 spiro atoms. The average molecular weight is 680 g/mol. The van der Waals surface area contributed by atoms with Crippen LogP contribution in [-0.2, 0) is 32.7 Å². The van der Waals surface area contributed by atoms with Gasteiger partial charge in [-0.3, -0.25) is 18.6 Å². The fourth-order valence-electron chi connectivity index (χ4n) is 5.19. The number of carboxylic acids is 1. The number of ether oxygens (including phenoxy) is 2. The van der Waals surface area contributed by atoms with Gasteiger partial charge in [-0.05, 0) is 12.8 Å². The van der Waals surface area contributed by atoms with Gasteiger partial charge in [0.2, 0.25) is 0 Å². The van der Waals surface area contributed by atoms with Crippen molar-refractivity contribution in [2.45, 2.75) is 187 Å². The predicted molar refractivity (Wildman–Crippen MR) is 185 cm³/mol. The molecular weight excluding hydrogens is 609 g/mol. The number of hydrogen-bond acceptors (Lipinski definition) is 8. The van der Waals surface area contributed by atoms with Crippen LogP contribution in [0, 0.1) is 0 Å². The van der Waals surface area contributed by atoms with Crippen LogP contribution in [0.4, 0.5) is 0 Å². The van der Waals surface area contributed by atoms with Gasteiger partial charge in [0.25, 0.3) is 0 Å². The smallest absolute Gasteiger partial charge is 0.472 e. The van der Waals surface area contributed by atoms with Crippen molar-refractivity contribution in [3.63, 3.8) is 0 Å². The maximum absolute atomic E-state index is 12.4. The number of carboxylic acid groups (broad SMARTS) is 1.